The molecule has 0 bridgehead atoms. The standard InChI is InChI=1S/C18H21F2N/c1-3-4-6-13-9-11-14(12-10-13)18(21-2)17-15(19)7-5-8-16(17)20/h5,7-12,18,21H,3-4,6H2,1-2H3. The molecule has 2 aromatic rings. The molecule has 0 saturated carbocycles. The third-order valence-electron chi connectivity index (χ3n) is 3.71. The average molecular weight is 289 g/mol. The number of hydrogen-bond acceptors (Lipinski definition) is 1. The van der Waals surface area contributed by atoms with Crippen molar-refractivity contribution in [2.75, 3.05) is 7.05 Å². The second-order valence-corrected chi connectivity index (χ2v) is 5.20. The van der Waals surface area contributed by atoms with E-state index in [4.69, 9.17) is 0 Å². The van der Waals surface area contributed by atoms with Crippen molar-refractivity contribution < 1.29 is 8.78 Å². The van der Waals surface area contributed by atoms with Gasteiger partial charge in [-0.1, -0.05) is 43.7 Å². The number of rotatable bonds is 6. The molecule has 0 aliphatic rings. The van der Waals surface area contributed by atoms with E-state index in [0.717, 1.165) is 24.8 Å². The van der Waals surface area contributed by atoms with Crippen molar-refractivity contribution in [3.8, 4) is 0 Å². The van der Waals surface area contributed by atoms with Gasteiger partial charge in [0.05, 0.1) is 6.04 Å². The van der Waals surface area contributed by atoms with Crippen LogP contribution in [0.1, 0.15) is 42.5 Å². The van der Waals surface area contributed by atoms with E-state index in [-0.39, 0.29) is 5.56 Å². The minimum atomic E-state index is -0.524. The maximum absolute atomic E-state index is 13.9. The SMILES string of the molecule is CCCCc1ccc(C(NC)c2c(F)cccc2F)cc1. The number of aryl methyl sites for hydroxylation is 1. The first-order valence-electron chi connectivity index (χ1n) is 7.37. The molecule has 0 radical (unpaired) electrons. The van der Waals surface area contributed by atoms with Crippen molar-refractivity contribution in [2.45, 2.75) is 32.2 Å². The molecule has 1 unspecified atom stereocenters. The molecule has 0 saturated heterocycles. The highest BCUT2D eigenvalue weighted by Crippen LogP contribution is 2.27. The van der Waals surface area contributed by atoms with Crippen LogP contribution in [0.3, 0.4) is 0 Å². The quantitative estimate of drug-likeness (QED) is 0.818. The molecule has 0 aromatic heterocycles. The second-order valence-electron chi connectivity index (χ2n) is 5.20. The van der Waals surface area contributed by atoms with Gasteiger partial charge in [-0.2, -0.15) is 0 Å². The average Bonchev–Trinajstić information content (AvgIpc) is 2.50. The van der Waals surface area contributed by atoms with E-state index in [9.17, 15) is 8.78 Å². The van der Waals surface area contributed by atoms with Gasteiger partial charge in [-0.15, -0.1) is 0 Å². The minimum absolute atomic E-state index is 0.0707. The summed E-state index contributed by atoms with van der Waals surface area (Å²) in [6.07, 6.45) is 3.34. The third-order valence-corrected chi connectivity index (χ3v) is 3.71. The van der Waals surface area contributed by atoms with Crippen LogP contribution in [0.5, 0.6) is 0 Å². The minimum Gasteiger partial charge on any atom is -0.309 e. The Morgan fingerprint density at radius 3 is 2.14 bits per heavy atom. The molecule has 0 spiro atoms. The van der Waals surface area contributed by atoms with Crippen molar-refractivity contribution in [2.24, 2.45) is 0 Å². The molecule has 2 aromatic carbocycles. The number of nitrogens with one attached hydrogen (secondary N) is 1. The Labute approximate surface area is 125 Å². The van der Waals surface area contributed by atoms with Crippen molar-refractivity contribution in [3.63, 3.8) is 0 Å². The van der Waals surface area contributed by atoms with Gasteiger partial charge in [0.1, 0.15) is 11.6 Å². The molecule has 1 atom stereocenters. The number of unbranched alkanes of at least 4 members (excludes halogenated alkanes) is 1. The highest BCUT2D eigenvalue weighted by atomic mass is 19.1. The summed E-state index contributed by atoms with van der Waals surface area (Å²) in [4.78, 5) is 0. The first-order valence-corrected chi connectivity index (χ1v) is 7.37. The van der Waals surface area contributed by atoms with Gasteiger partial charge in [-0.25, -0.2) is 8.78 Å². The maximum Gasteiger partial charge on any atom is 0.131 e. The lowest BCUT2D eigenvalue weighted by Gasteiger charge is -2.19. The summed E-state index contributed by atoms with van der Waals surface area (Å²) in [5.41, 5.74) is 2.19. The molecule has 0 aliphatic heterocycles. The highest BCUT2D eigenvalue weighted by molar-refractivity contribution is 5.35. The van der Waals surface area contributed by atoms with Gasteiger partial charge in [-0.3, -0.25) is 0 Å². The van der Waals surface area contributed by atoms with Crippen LogP contribution in [-0.2, 0) is 6.42 Å². The van der Waals surface area contributed by atoms with Crippen LogP contribution in [-0.4, -0.2) is 7.05 Å². The molecular formula is C18H21F2N. The summed E-state index contributed by atoms with van der Waals surface area (Å²) in [7, 11) is 1.71. The Hall–Kier alpha value is -1.74. The van der Waals surface area contributed by atoms with Crippen molar-refractivity contribution in [1.29, 1.82) is 0 Å². The summed E-state index contributed by atoms with van der Waals surface area (Å²) in [6, 6.07) is 11.4. The van der Waals surface area contributed by atoms with E-state index in [0.29, 0.717) is 0 Å². The first kappa shape index (κ1) is 15.6. The molecule has 21 heavy (non-hydrogen) atoms. The zero-order valence-electron chi connectivity index (χ0n) is 12.5. The van der Waals surface area contributed by atoms with Crippen LogP contribution in [0.15, 0.2) is 42.5 Å². The second kappa shape index (κ2) is 7.32. The fourth-order valence-electron chi connectivity index (χ4n) is 2.52. The molecular weight excluding hydrogens is 268 g/mol. The van der Waals surface area contributed by atoms with Gasteiger partial charge in [0.2, 0.25) is 0 Å². The van der Waals surface area contributed by atoms with Crippen LogP contribution in [0.4, 0.5) is 8.78 Å². The highest BCUT2D eigenvalue weighted by Gasteiger charge is 2.20. The van der Waals surface area contributed by atoms with Crippen LogP contribution < -0.4 is 5.32 Å². The lowest BCUT2D eigenvalue weighted by Crippen LogP contribution is -2.20. The van der Waals surface area contributed by atoms with E-state index in [1.807, 2.05) is 24.3 Å². The topological polar surface area (TPSA) is 12.0 Å². The summed E-state index contributed by atoms with van der Waals surface area (Å²) >= 11 is 0. The first-order chi connectivity index (χ1) is 10.2. The van der Waals surface area contributed by atoms with E-state index >= 15 is 0 Å². The molecule has 1 nitrogen and oxygen atoms in total. The Balaban J connectivity index is 2.29. The summed E-state index contributed by atoms with van der Waals surface area (Å²) in [5.74, 6) is -1.05. The lowest BCUT2D eigenvalue weighted by molar-refractivity contribution is 0.522. The molecule has 0 heterocycles. The summed E-state index contributed by atoms with van der Waals surface area (Å²) in [6.45, 7) is 2.16. The van der Waals surface area contributed by atoms with Crippen LogP contribution in [0, 0.1) is 11.6 Å². The molecule has 1 N–H and O–H groups in total. The largest absolute Gasteiger partial charge is 0.309 e. The van der Waals surface area contributed by atoms with Gasteiger partial charge in [0.25, 0.3) is 0 Å². The zero-order valence-corrected chi connectivity index (χ0v) is 12.5. The van der Waals surface area contributed by atoms with Crippen molar-refractivity contribution >= 4 is 0 Å². The molecule has 0 fully saturated rings. The normalized spacial score (nSPS) is 12.4. The van der Waals surface area contributed by atoms with E-state index < -0.39 is 17.7 Å². The van der Waals surface area contributed by atoms with Crippen molar-refractivity contribution in [1.82, 2.24) is 5.32 Å². The lowest BCUT2D eigenvalue weighted by atomic mass is 9.96. The predicted molar refractivity (Wildman–Crippen MR) is 82.3 cm³/mol. The van der Waals surface area contributed by atoms with Crippen LogP contribution in [0.2, 0.25) is 0 Å². The molecule has 0 amide bonds. The van der Waals surface area contributed by atoms with Gasteiger partial charge in [-0.05, 0) is 43.1 Å². The van der Waals surface area contributed by atoms with E-state index in [1.165, 1.54) is 23.8 Å². The number of hydrogen-bond donors (Lipinski definition) is 1. The Morgan fingerprint density at radius 1 is 1.00 bits per heavy atom. The van der Waals surface area contributed by atoms with Gasteiger partial charge in [0, 0.05) is 5.56 Å². The smallest absolute Gasteiger partial charge is 0.131 e. The third kappa shape index (κ3) is 3.67. The van der Waals surface area contributed by atoms with Gasteiger partial charge < -0.3 is 5.32 Å². The Morgan fingerprint density at radius 2 is 1.62 bits per heavy atom. The van der Waals surface area contributed by atoms with Gasteiger partial charge in [0.15, 0.2) is 0 Å². The molecule has 2 rings (SSSR count). The monoisotopic (exact) mass is 289 g/mol. The predicted octanol–water partition coefficient (Wildman–Crippen LogP) is 4.62. The van der Waals surface area contributed by atoms with E-state index in [2.05, 4.69) is 12.2 Å². The molecule has 0 aliphatic carbocycles. The Kier molecular flexibility index (Phi) is 5.45. The molecule has 112 valence electrons. The number of halogens is 2. The Bertz CT molecular complexity index is 558. The maximum atomic E-state index is 13.9. The number of benzene rings is 2. The fourth-order valence-corrected chi connectivity index (χ4v) is 2.52. The van der Waals surface area contributed by atoms with Crippen molar-refractivity contribution in [3.05, 3.63) is 70.8 Å². The van der Waals surface area contributed by atoms with Gasteiger partial charge >= 0.3 is 0 Å². The fraction of sp³-hybridized carbons (Fsp3) is 0.333. The summed E-state index contributed by atoms with van der Waals surface area (Å²) < 4.78 is 27.9. The van der Waals surface area contributed by atoms with Crippen LogP contribution >= 0.6 is 0 Å². The van der Waals surface area contributed by atoms with Crippen LogP contribution in [0.25, 0.3) is 0 Å². The van der Waals surface area contributed by atoms with E-state index in [1.54, 1.807) is 7.05 Å². The zero-order chi connectivity index (χ0) is 15.2. The molecule has 3 heteroatoms. The summed E-state index contributed by atoms with van der Waals surface area (Å²) in [5, 5.41) is 3.00.